The Labute approximate surface area is 190 Å². The van der Waals surface area contributed by atoms with Crippen molar-refractivity contribution < 1.29 is 38.2 Å². The quantitative estimate of drug-likeness (QED) is 0.107. The predicted octanol–water partition coefficient (Wildman–Crippen LogP) is 4.55. The summed E-state index contributed by atoms with van der Waals surface area (Å²) < 4.78 is 9.47. The van der Waals surface area contributed by atoms with E-state index in [0.29, 0.717) is 51.4 Å². The highest BCUT2D eigenvalue weighted by Crippen LogP contribution is 2.12. The van der Waals surface area contributed by atoms with E-state index in [0.717, 1.165) is 51.1 Å². The van der Waals surface area contributed by atoms with Crippen molar-refractivity contribution in [1.82, 2.24) is 0 Å². The second kappa shape index (κ2) is 21.8. The topological polar surface area (TPSA) is 121 Å². The molecule has 0 saturated heterocycles. The van der Waals surface area contributed by atoms with Crippen LogP contribution in [0.1, 0.15) is 116 Å². The Kier molecular flexibility index (Phi) is 20.2. The molecule has 0 heterocycles. The lowest BCUT2D eigenvalue weighted by atomic mass is 10.1. The maximum atomic E-state index is 11.6. The molecular formula is C24H38O8. The SMILES string of the molecule is O=CCCCCC(=O)OC(=O)CCCCCCCCCCC(=O)OC(=O)CCCCC=O. The largest absolute Gasteiger partial charge is 0.393 e. The third-order valence-electron chi connectivity index (χ3n) is 4.87. The van der Waals surface area contributed by atoms with Crippen LogP contribution in [-0.4, -0.2) is 36.4 Å². The molecule has 0 aliphatic rings. The van der Waals surface area contributed by atoms with E-state index >= 15 is 0 Å². The van der Waals surface area contributed by atoms with Crippen LogP contribution in [0.25, 0.3) is 0 Å². The highest BCUT2D eigenvalue weighted by Gasteiger charge is 2.11. The van der Waals surface area contributed by atoms with Crippen LogP contribution >= 0.6 is 0 Å². The van der Waals surface area contributed by atoms with Crippen LogP contribution in [0.15, 0.2) is 0 Å². The van der Waals surface area contributed by atoms with Crippen LogP contribution in [0.2, 0.25) is 0 Å². The minimum atomic E-state index is -0.524. The molecule has 0 aliphatic heterocycles. The Balaban J connectivity index is 3.46. The van der Waals surface area contributed by atoms with Crippen LogP contribution in [0.3, 0.4) is 0 Å². The smallest absolute Gasteiger partial charge is 0.313 e. The molecular weight excluding hydrogens is 416 g/mol. The molecule has 0 amide bonds. The number of ether oxygens (including phenoxy) is 2. The minimum absolute atomic E-state index is 0.163. The van der Waals surface area contributed by atoms with Gasteiger partial charge in [-0.15, -0.1) is 0 Å². The lowest BCUT2D eigenvalue weighted by molar-refractivity contribution is -0.161. The van der Waals surface area contributed by atoms with Crippen LogP contribution in [-0.2, 0) is 38.2 Å². The summed E-state index contributed by atoms with van der Waals surface area (Å²) in [5.41, 5.74) is 0. The molecule has 0 aromatic carbocycles. The second-order valence-corrected chi connectivity index (χ2v) is 7.85. The highest BCUT2D eigenvalue weighted by molar-refractivity contribution is 5.85. The van der Waals surface area contributed by atoms with E-state index in [9.17, 15) is 28.8 Å². The highest BCUT2D eigenvalue weighted by atomic mass is 16.6. The number of carbonyl (C=O) groups excluding carboxylic acids is 6. The zero-order valence-corrected chi connectivity index (χ0v) is 19.1. The monoisotopic (exact) mass is 454 g/mol. The van der Waals surface area contributed by atoms with Crippen molar-refractivity contribution in [2.45, 2.75) is 116 Å². The van der Waals surface area contributed by atoms with E-state index in [1.807, 2.05) is 0 Å². The molecule has 8 nitrogen and oxygen atoms in total. The minimum Gasteiger partial charge on any atom is -0.393 e. The zero-order chi connectivity index (χ0) is 23.9. The molecule has 0 atom stereocenters. The van der Waals surface area contributed by atoms with E-state index in [1.165, 1.54) is 0 Å². The zero-order valence-electron chi connectivity index (χ0n) is 19.1. The lowest BCUT2D eigenvalue weighted by Gasteiger charge is -2.04. The number of carbonyl (C=O) groups is 6. The molecule has 0 unspecified atom stereocenters. The Hall–Kier alpha value is -2.38. The van der Waals surface area contributed by atoms with E-state index in [4.69, 9.17) is 9.47 Å². The van der Waals surface area contributed by atoms with Crippen molar-refractivity contribution in [1.29, 1.82) is 0 Å². The molecule has 0 spiro atoms. The maximum absolute atomic E-state index is 11.6. The number of rotatable bonds is 21. The third-order valence-corrected chi connectivity index (χ3v) is 4.87. The van der Waals surface area contributed by atoms with E-state index in [2.05, 4.69) is 0 Å². The molecule has 0 bridgehead atoms. The molecule has 0 N–H and O–H groups in total. The number of esters is 4. The molecule has 0 saturated carbocycles. The van der Waals surface area contributed by atoms with Crippen molar-refractivity contribution >= 4 is 36.4 Å². The molecule has 0 aromatic heterocycles. The molecule has 0 fully saturated rings. The van der Waals surface area contributed by atoms with Gasteiger partial charge in [0.2, 0.25) is 0 Å². The average molecular weight is 455 g/mol. The lowest BCUT2D eigenvalue weighted by Crippen LogP contribution is -2.11. The van der Waals surface area contributed by atoms with Gasteiger partial charge in [-0.05, 0) is 38.5 Å². The molecule has 0 aromatic rings. The first-order valence-electron chi connectivity index (χ1n) is 11.8. The summed E-state index contributed by atoms with van der Waals surface area (Å²) in [6.07, 6.45) is 12.8. The van der Waals surface area contributed by atoms with Gasteiger partial charge in [0.05, 0.1) is 0 Å². The van der Waals surface area contributed by atoms with E-state index in [-0.39, 0.29) is 25.7 Å². The predicted molar refractivity (Wildman–Crippen MR) is 117 cm³/mol. The fraction of sp³-hybridized carbons (Fsp3) is 0.750. The van der Waals surface area contributed by atoms with Gasteiger partial charge in [0.25, 0.3) is 0 Å². The standard InChI is InChI=1S/C24H38O8/c25-19-13-7-11-17-23(29)31-21(27)15-9-5-3-1-2-4-6-10-16-22(28)32-24(30)18-12-8-14-20-26/h19-20H,1-18H2. The first-order valence-corrected chi connectivity index (χ1v) is 11.8. The van der Waals surface area contributed by atoms with Crippen LogP contribution in [0.4, 0.5) is 0 Å². The van der Waals surface area contributed by atoms with Gasteiger partial charge in [-0.2, -0.15) is 0 Å². The van der Waals surface area contributed by atoms with Gasteiger partial charge in [0.15, 0.2) is 0 Å². The molecule has 0 aliphatic carbocycles. The van der Waals surface area contributed by atoms with Gasteiger partial charge in [-0.3, -0.25) is 19.2 Å². The number of hydrogen-bond acceptors (Lipinski definition) is 8. The van der Waals surface area contributed by atoms with Crippen LogP contribution in [0.5, 0.6) is 0 Å². The summed E-state index contributed by atoms with van der Waals surface area (Å²) in [7, 11) is 0. The second-order valence-electron chi connectivity index (χ2n) is 7.85. The fourth-order valence-electron chi connectivity index (χ4n) is 3.05. The van der Waals surface area contributed by atoms with Crippen molar-refractivity contribution in [2.24, 2.45) is 0 Å². The molecule has 182 valence electrons. The molecule has 32 heavy (non-hydrogen) atoms. The summed E-state index contributed by atoms with van der Waals surface area (Å²) >= 11 is 0. The normalized spacial score (nSPS) is 10.4. The summed E-state index contributed by atoms with van der Waals surface area (Å²) in [4.78, 5) is 66.4. The first-order chi connectivity index (χ1) is 15.5. The van der Waals surface area contributed by atoms with Gasteiger partial charge in [0, 0.05) is 38.5 Å². The van der Waals surface area contributed by atoms with Gasteiger partial charge in [-0.1, -0.05) is 38.5 Å². The summed E-state index contributed by atoms with van der Waals surface area (Å²) in [5.74, 6) is -2.03. The number of hydrogen-bond donors (Lipinski definition) is 0. The van der Waals surface area contributed by atoms with Crippen LogP contribution < -0.4 is 0 Å². The Bertz CT molecular complexity index is 520. The Morgan fingerprint density at radius 2 is 0.656 bits per heavy atom. The maximum Gasteiger partial charge on any atom is 0.313 e. The van der Waals surface area contributed by atoms with Crippen molar-refractivity contribution in [3.8, 4) is 0 Å². The van der Waals surface area contributed by atoms with Crippen molar-refractivity contribution in [3.05, 3.63) is 0 Å². The Morgan fingerprint density at radius 3 is 0.938 bits per heavy atom. The number of unbranched alkanes of at least 4 members (excludes halogenated alkanes) is 11. The van der Waals surface area contributed by atoms with E-state index in [1.54, 1.807) is 0 Å². The molecule has 0 rings (SSSR count). The number of aldehydes is 2. The third kappa shape index (κ3) is 20.9. The average Bonchev–Trinajstić information content (AvgIpc) is 2.75. The van der Waals surface area contributed by atoms with Gasteiger partial charge >= 0.3 is 23.9 Å². The van der Waals surface area contributed by atoms with Gasteiger partial charge in [0.1, 0.15) is 12.6 Å². The van der Waals surface area contributed by atoms with Gasteiger partial charge in [-0.25, -0.2) is 0 Å². The summed E-state index contributed by atoms with van der Waals surface area (Å²) in [6, 6.07) is 0. The van der Waals surface area contributed by atoms with Crippen molar-refractivity contribution in [3.63, 3.8) is 0 Å². The fourth-order valence-corrected chi connectivity index (χ4v) is 3.05. The molecule has 0 radical (unpaired) electrons. The summed E-state index contributed by atoms with van der Waals surface area (Å²) in [6.45, 7) is 0. The van der Waals surface area contributed by atoms with Crippen LogP contribution in [0, 0.1) is 0 Å². The first kappa shape index (κ1) is 29.6. The van der Waals surface area contributed by atoms with Gasteiger partial charge < -0.3 is 19.1 Å². The molecule has 8 heteroatoms. The summed E-state index contributed by atoms with van der Waals surface area (Å²) in [5, 5.41) is 0. The van der Waals surface area contributed by atoms with E-state index < -0.39 is 23.9 Å². The van der Waals surface area contributed by atoms with Crippen molar-refractivity contribution in [2.75, 3.05) is 0 Å². The Morgan fingerprint density at radius 1 is 0.406 bits per heavy atom.